The van der Waals surface area contributed by atoms with Crippen LogP contribution in [0, 0.1) is 0 Å². The van der Waals surface area contributed by atoms with Crippen molar-refractivity contribution in [3.05, 3.63) is 54.1 Å². The lowest BCUT2D eigenvalue weighted by atomic mass is 9.79. The second-order valence-electron chi connectivity index (χ2n) is 4.62. The first-order valence-corrected chi connectivity index (χ1v) is 6.69. The molecule has 2 aromatic rings. The molecule has 0 saturated heterocycles. The third-order valence-electron chi connectivity index (χ3n) is 2.92. The summed E-state index contributed by atoms with van der Waals surface area (Å²) in [7, 11) is -2.16. The molecule has 0 atom stereocenters. The highest BCUT2D eigenvalue weighted by molar-refractivity contribution is 6.58. The molecule has 0 fully saturated rings. The number of benzene rings is 2. The van der Waals surface area contributed by atoms with Gasteiger partial charge in [-0.15, -0.1) is 0 Å². The first kappa shape index (κ1) is 20.0. The molecule has 0 aliphatic carbocycles. The third-order valence-corrected chi connectivity index (χ3v) is 2.92. The first-order valence-electron chi connectivity index (χ1n) is 6.69. The number of ether oxygens (including phenoxy) is 1. The molecule has 24 heavy (non-hydrogen) atoms. The van der Waals surface area contributed by atoms with Crippen molar-refractivity contribution < 1.29 is 38.0 Å². The Labute approximate surface area is 137 Å². The van der Waals surface area contributed by atoms with Gasteiger partial charge in [0.2, 0.25) is 0 Å². The molecule has 0 aliphatic heterocycles. The number of hydrogen-bond acceptors (Lipinski definition) is 5. The maximum atomic E-state index is 12.4. The van der Waals surface area contributed by atoms with Gasteiger partial charge in [0.1, 0.15) is 5.75 Å². The molecular formula is C14H15B2F3O5. The number of alkyl halides is 3. The zero-order valence-corrected chi connectivity index (χ0v) is 12.6. The van der Waals surface area contributed by atoms with E-state index in [1.807, 2.05) is 6.07 Å². The van der Waals surface area contributed by atoms with E-state index in [0.717, 1.165) is 19.2 Å². The summed E-state index contributed by atoms with van der Waals surface area (Å²) in [5.74, 6) is -0.355. The van der Waals surface area contributed by atoms with Crippen LogP contribution in [-0.2, 0) is 6.18 Å². The maximum absolute atomic E-state index is 12.4. The lowest BCUT2D eigenvalue weighted by Gasteiger charge is -2.13. The monoisotopic (exact) mass is 342 g/mol. The molecule has 2 aromatic carbocycles. The van der Waals surface area contributed by atoms with Gasteiger partial charge in [0.25, 0.3) is 0 Å². The van der Waals surface area contributed by atoms with Gasteiger partial charge in [0, 0.05) is 0 Å². The SMILES string of the molecule is COc1ccc(B(O)O)cc1C(F)(F)F.OB(O)c1ccccc1. The van der Waals surface area contributed by atoms with Gasteiger partial charge in [-0.25, -0.2) is 0 Å². The van der Waals surface area contributed by atoms with E-state index < -0.39 is 26.0 Å². The van der Waals surface area contributed by atoms with Crippen LogP contribution in [0.5, 0.6) is 5.75 Å². The van der Waals surface area contributed by atoms with Crippen molar-refractivity contribution in [3.8, 4) is 5.75 Å². The van der Waals surface area contributed by atoms with Crippen LogP contribution in [0.4, 0.5) is 13.2 Å². The summed E-state index contributed by atoms with van der Waals surface area (Å²) >= 11 is 0. The van der Waals surface area contributed by atoms with E-state index in [1.165, 1.54) is 0 Å². The van der Waals surface area contributed by atoms with Crippen LogP contribution in [-0.4, -0.2) is 41.4 Å². The highest BCUT2D eigenvalue weighted by atomic mass is 19.4. The van der Waals surface area contributed by atoms with Crippen LogP contribution in [0.3, 0.4) is 0 Å². The molecule has 2 rings (SSSR count). The molecule has 0 saturated carbocycles. The lowest BCUT2D eigenvalue weighted by Crippen LogP contribution is -2.30. The van der Waals surface area contributed by atoms with E-state index in [2.05, 4.69) is 4.74 Å². The fraction of sp³-hybridized carbons (Fsp3) is 0.143. The number of halogens is 3. The fourth-order valence-corrected chi connectivity index (χ4v) is 1.73. The van der Waals surface area contributed by atoms with E-state index in [-0.39, 0.29) is 11.2 Å². The minimum Gasteiger partial charge on any atom is -0.496 e. The fourth-order valence-electron chi connectivity index (χ4n) is 1.73. The quantitative estimate of drug-likeness (QED) is 0.579. The Hall–Kier alpha value is -2.00. The predicted octanol–water partition coefficient (Wildman–Crippen LogP) is -0.240. The summed E-state index contributed by atoms with van der Waals surface area (Å²) in [6.45, 7) is 0. The number of methoxy groups -OCH3 is 1. The summed E-state index contributed by atoms with van der Waals surface area (Å²) in [6, 6.07) is 11.5. The summed E-state index contributed by atoms with van der Waals surface area (Å²) in [4.78, 5) is 0. The van der Waals surface area contributed by atoms with Crippen LogP contribution >= 0.6 is 0 Å². The van der Waals surface area contributed by atoms with E-state index >= 15 is 0 Å². The van der Waals surface area contributed by atoms with Gasteiger partial charge in [-0.1, -0.05) is 36.4 Å². The molecule has 0 aromatic heterocycles. The van der Waals surface area contributed by atoms with Crippen LogP contribution in [0.15, 0.2) is 48.5 Å². The van der Waals surface area contributed by atoms with E-state index in [9.17, 15) is 13.2 Å². The molecule has 5 nitrogen and oxygen atoms in total. The highest BCUT2D eigenvalue weighted by Crippen LogP contribution is 2.35. The van der Waals surface area contributed by atoms with Crippen LogP contribution in [0.1, 0.15) is 5.56 Å². The molecule has 0 amide bonds. The van der Waals surface area contributed by atoms with Crippen molar-refractivity contribution in [1.82, 2.24) is 0 Å². The molecule has 0 bridgehead atoms. The number of rotatable bonds is 3. The molecule has 4 N–H and O–H groups in total. The van der Waals surface area contributed by atoms with E-state index in [4.69, 9.17) is 20.1 Å². The zero-order valence-electron chi connectivity index (χ0n) is 12.6. The topological polar surface area (TPSA) is 90.2 Å². The van der Waals surface area contributed by atoms with Gasteiger partial charge in [-0.2, -0.15) is 13.2 Å². The Morgan fingerprint density at radius 3 is 1.75 bits per heavy atom. The second kappa shape index (κ2) is 8.74. The second-order valence-corrected chi connectivity index (χ2v) is 4.62. The van der Waals surface area contributed by atoms with Crippen LogP contribution in [0.25, 0.3) is 0 Å². The highest BCUT2D eigenvalue weighted by Gasteiger charge is 2.35. The van der Waals surface area contributed by atoms with Gasteiger partial charge in [0.15, 0.2) is 0 Å². The molecule has 0 spiro atoms. The molecule has 0 radical (unpaired) electrons. The van der Waals surface area contributed by atoms with Gasteiger partial charge in [-0.05, 0) is 23.1 Å². The van der Waals surface area contributed by atoms with Gasteiger partial charge < -0.3 is 24.8 Å². The van der Waals surface area contributed by atoms with Crippen LogP contribution in [0.2, 0.25) is 0 Å². The van der Waals surface area contributed by atoms with E-state index in [1.54, 1.807) is 24.3 Å². The van der Waals surface area contributed by atoms with Crippen molar-refractivity contribution in [1.29, 1.82) is 0 Å². The normalized spacial score (nSPS) is 10.5. The third kappa shape index (κ3) is 5.89. The smallest absolute Gasteiger partial charge is 0.488 e. The van der Waals surface area contributed by atoms with Crippen molar-refractivity contribution in [3.63, 3.8) is 0 Å². The zero-order chi connectivity index (χ0) is 18.3. The van der Waals surface area contributed by atoms with Crippen molar-refractivity contribution in [2.24, 2.45) is 0 Å². The minimum atomic E-state index is -4.59. The average molecular weight is 342 g/mol. The predicted molar refractivity (Wildman–Crippen MR) is 84.1 cm³/mol. The Morgan fingerprint density at radius 2 is 1.38 bits per heavy atom. The number of hydrogen-bond donors (Lipinski definition) is 4. The van der Waals surface area contributed by atoms with Crippen molar-refractivity contribution in [2.75, 3.05) is 7.11 Å². The Balaban J connectivity index is 0.000000272. The minimum absolute atomic E-state index is 0.233. The van der Waals surface area contributed by atoms with Crippen LogP contribution < -0.4 is 15.7 Å². The summed E-state index contributed by atoms with van der Waals surface area (Å²) < 4.78 is 41.8. The molecular weight excluding hydrogens is 327 g/mol. The standard InChI is InChI=1S/C8H8BF3O3.C6H7BO2/c1-15-7-3-2-5(9(13)14)4-6(7)8(10,11)12;8-7(9)6-4-2-1-3-5-6/h2-4,13-14H,1H3;1-5,8-9H. The summed E-state index contributed by atoms with van der Waals surface area (Å²) in [5.41, 5.74) is -0.740. The maximum Gasteiger partial charge on any atom is 0.488 e. The van der Waals surface area contributed by atoms with E-state index in [0.29, 0.717) is 11.5 Å². The molecule has 0 heterocycles. The Bertz CT molecular complexity index is 636. The van der Waals surface area contributed by atoms with Crippen molar-refractivity contribution in [2.45, 2.75) is 6.18 Å². The first-order chi connectivity index (χ1) is 11.2. The molecule has 10 heteroatoms. The summed E-state index contributed by atoms with van der Waals surface area (Å²) in [5, 5.41) is 34.6. The van der Waals surface area contributed by atoms with Gasteiger partial charge in [-0.3, -0.25) is 0 Å². The van der Waals surface area contributed by atoms with Crippen molar-refractivity contribution >= 4 is 25.2 Å². The summed E-state index contributed by atoms with van der Waals surface area (Å²) in [6.07, 6.45) is -4.59. The lowest BCUT2D eigenvalue weighted by molar-refractivity contribution is -0.138. The Morgan fingerprint density at radius 1 is 0.833 bits per heavy atom. The van der Waals surface area contributed by atoms with Gasteiger partial charge in [0.05, 0.1) is 12.7 Å². The molecule has 128 valence electrons. The molecule has 0 unspecified atom stereocenters. The Kier molecular flexibility index (Phi) is 7.30. The van der Waals surface area contributed by atoms with Gasteiger partial charge >= 0.3 is 20.4 Å². The molecule has 0 aliphatic rings. The average Bonchev–Trinajstić information content (AvgIpc) is 2.54. The largest absolute Gasteiger partial charge is 0.496 e.